The molecule has 0 saturated carbocycles. The lowest BCUT2D eigenvalue weighted by Crippen LogP contribution is -2.41. The first-order chi connectivity index (χ1) is 12.1. The summed E-state index contributed by atoms with van der Waals surface area (Å²) in [4.78, 5) is 4.25. The van der Waals surface area contributed by atoms with E-state index in [1.165, 1.54) is 0 Å². The fraction of sp³-hybridized carbons (Fsp3) is 0.350. The molecule has 2 N–H and O–H groups in total. The van der Waals surface area contributed by atoms with Crippen molar-refractivity contribution in [3.63, 3.8) is 0 Å². The molecule has 0 aliphatic heterocycles. The molecule has 1 atom stereocenters. The van der Waals surface area contributed by atoms with Gasteiger partial charge in [0.15, 0.2) is 5.96 Å². The summed E-state index contributed by atoms with van der Waals surface area (Å²) in [5.41, 5.74) is 2.30. The van der Waals surface area contributed by atoms with Crippen LogP contribution >= 0.6 is 24.0 Å². The van der Waals surface area contributed by atoms with Crippen LogP contribution in [0.3, 0.4) is 0 Å². The Hall–Kier alpha value is -1.96. The van der Waals surface area contributed by atoms with Gasteiger partial charge in [0.2, 0.25) is 0 Å². The van der Waals surface area contributed by atoms with E-state index >= 15 is 0 Å². The summed E-state index contributed by atoms with van der Waals surface area (Å²) in [6.07, 6.45) is 0.0284. The third-order valence-corrected chi connectivity index (χ3v) is 3.82. The van der Waals surface area contributed by atoms with Gasteiger partial charge in [-0.3, -0.25) is 4.99 Å². The monoisotopic (exact) mass is 469 g/mol. The van der Waals surface area contributed by atoms with E-state index in [-0.39, 0.29) is 30.1 Å². The second-order valence-electron chi connectivity index (χ2n) is 5.85. The van der Waals surface area contributed by atoms with Gasteiger partial charge in [0.25, 0.3) is 0 Å². The first kappa shape index (κ1) is 22.1. The second kappa shape index (κ2) is 11.6. The summed E-state index contributed by atoms with van der Waals surface area (Å²) >= 11 is 0. The molecule has 0 saturated heterocycles. The number of para-hydroxylation sites is 1. The number of guanidine groups is 1. The Morgan fingerprint density at radius 1 is 1.08 bits per heavy atom. The number of rotatable bonds is 7. The van der Waals surface area contributed by atoms with Crippen LogP contribution in [0.5, 0.6) is 11.5 Å². The Bertz CT molecular complexity index is 690. The number of nitrogens with one attached hydrogen (secondary N) is 2. The van der Waals surface area contributed by atoms with Crippen molar-refractivity contribution in [2.45, 2.75) is 26.5 Å². The molecule has 1 unspecified atom stereocenters. The van der Waals surface area contributed by atoms with Gasteiger partial charge in [-0.05, 0) is 43.2 Å². The van der Waals surface area contributed by atoms with Gasteiger partial charge < -0.3 is 20.1 Å². The topological polar surface area (TPSA) is 54.9 Å². The maximum absolute atomic E-state index is 5.97. The van der Waals surface area contributed by atoms with E-state index < -0.39 is 0 Å². The third kappa shape index (κ3) is 7.11. The maximum Gasteiger partial charge on any atom is 0.191 e. The molecule has 2 rings (SSSR count). The molecule has 0 bridgehead atoms. The molecular formula is C20H28IN3O2. The van der Waals surface area contributed by atoms with E-state index in [1.807, 2.05) is 62.4 Å². The van der Waals surface area contributed by atoms with Gasteiger partial charge in [-0.15, -0.1) is 24.0 Å². The standard InChI is InChI=1S/C20H27N3O2.HI/c1-15-7-5-6-8-19(15)25-16(2)13-22-20(21-3)23-14-17-9-11-18(24-4)12-10-17;/h5-12,16H,13-14H2,1-4H3,(H2,21,22,23);1H. The molecule has 0 radical (unpaired) electrons. The zero-order valence-corrected chi connectivity index (χ0v) is 18.1. The van der Waals surface area contributed by atoms with Gasteiger partial charge in [0.1, 0.15) is 17.6 Å². The van der Waals surface area contributed by atoms with Gasteiger partial charge in [0.05, 0.1) is 13.7 Å². The van der Waals surface area contributed by atoms with Gasteiger partial charge in [-0.25, -0.2) is 0 Å². The first-order valence-electron chi connectivity index (χ1n) is 8.42. The van der Waals surface area contributed by atoms with Gasteiger partial charge in [0, 0.05) is 13.6 Å². The van der Waals surface area contributed by atoms with Crippen LogP contribution in [0, 0.1) is 6.92 Å². The summed E-state index contributed by atoms with van der Waals surface area (Å²) in [5.74, 6) is 2.52. The molecule has 5 nitrogen and oxygen atoms in total. The molecule has 0 aliphatic rings. The van der Waals surface area contributed by atoms with E-state index in [9.17, 15) is 0 Å². The summed E-state index contributed by atoms with van der Waals surface area (Å²) < 4.78 is 11.1. The van der Waals surface area contributed by atoms with Crippen LogP contribution in [0.15, 0.2) is 53.5 Å². The van der Waals surface area contributed by atoms with Crippen LogP contribution < -0.4 is 20.1 Å². The van der Waals surface area contributed by atoms with Crippen molar-refractivity contribution in [1.29, 1.82) is 0 Å². The lowest BCUT2D eigenvalue weighted by molar-refractivity contribution is 0.222. The molecule has 26 heavy (non-hydrogen) atoms. The van der Waals surface area contributed by atoms with Crippen molar-refractivity contribution in [2.75, 3.05) is 20.7 Å². The number of benzene rings is 2. The van der Waals surface area contributed by atoms with E-state index in [1.54, 1.807) is 14.2 Å². The van der Waals surface area contributed by atoms with E-state index in [4.69, 9.17) is 9.47 Å². The Morgan fingerprint density at radius 3 is 2.38 bits per heavy atom. The molecule has 2 aromatic carbocycles. The third-order valence-electron chi connectivity index (χ3n) is 3.82. The van der Waals surface area contributed by atoms with Crippen LogP contribution in [0.2, 0.25) is 0 Å². The van der Waals surface area contributed by atoms with Crippen LogP contribution in [0.4, 0.5) is 0 Å². The van der Waals surface area contributed by atoms with Crippen molar-refractivity contribution in [1.82, 2.24) is 10.6 Å². The highest BCUT2D eigenvalue weighted by molar-refractivity contribution is 14.0. The number of hydrogen-bond acceptors (Lipinski definition) is 3. The summed E-state index contributed by atoms with van der Waals surface area (Å²) in [6, 6.07) is 16.0. The minimum absolute atomic E-state index is 0. The molecule has 0 heterocycles. The van der Waals surface area contributed by atoms with Crippen molar-refractivity contribution in [3.8, 4) is 11.5 Å². The van der Waals surface area contributed by atoms with E-state index in [2.05, 4.69) is 15.6 Å². The number of methoxy groups -OCH3 is 1. The molecular weight excluding hydrogens is 441 g/mol. The molecule has 0 aromatic heterocycles. The normalized spacial score (nSPS) is 11.9. The molecule has 0 aliphatic carbocycles. The Labute approximate surface area is 173 Å². The maximum atomic E-state index is 5.97. The van der Waals surface area contributed by atoms with E-state index in [0.717, 1.165) is 28.6 Å². The predicted octanol–water partition coefficient (Wildman–Crippen LogP) is 3.75. The van der Waals surface area contributed by atoms with Crippen molar-refractivity contribution in [3.05, 3.63) is 59.7 Å². The highest BCUT2D eigenvalue weighted by atomic mass is 127. The van der Waals surface area contributed by atoms with Gasteiger partial charge in [-0.2, -0.15) is 0 Å². The quantitative estimate of drug-likeness (QED) is 0.369. The lowest BCUT2D eigenvalue weighted by Gasteiger charge is -2.19. The molecule has 142 valence electrons. The van der Waals surface area contributed by atoms with Crippen molar-refractivity contribution >= 4 is 29.9 Å². The molecule has 6 heteroatoms. The molecule has 0 fully saturated rings. The Kier molecular flexibility index (Phi) is 9.87. The number of nitrogens with zero attached hydrogens (tertiary/aromatic N) is 1. The summed E-state index contributed by atoms with van der Waals surface area (Å²) in [7, 11) is 3.43. The largest absolute Gasteiger partial charge is 0.497 e. The average molecular weight is 469 g/mol. The first-order valence-corrected chi connectivity index (χ1v) is 8.42. The number of halogens is 1. The minimum atomic E-state index is 0. The average Bonchev–Trinajstić information content (AvgIpc) is 2.64. The highest BCUT2D eigenvalue weighted by Gasteiger charge is 2.07. The van der Waals surface area contributed by atoms with Crippen LogP contribution in [0.1, 0.15) is 18.1 Å². The highest BCUT2D eigenvalue weighted by Crippen LogP contribution is 2.17. The van der Waals surface area contributed by atoms with Crippen LogP contribution in [0.25, 0.3) is 0 Å². The van der Waals surface area contributed by atoms with E-state index in [0.29, 0.717) is 13.1 Å². The predicted molar refractivity (Wildman–Crippen MR) is 118 cm³/mol. The van der Waals surface area contributed by atoms with Crippen LogP contribution in [-0.4, -0.2) is 32.8 Å². The Balaban J connectivity index is 0.00000338. The number of ether oxygens (including phenoxy) is 2. The molecule has 0 spiro atoms. The van der Waals surface area contributed by atoms with Crippen molar-refractivity contribution < 1.29 is 9.47 Å². The van der Waals surface area contributed by atoms with Gasteiger partial charge >= 0.3 is 0 Å². The second-order valence-corrected chi connectivity index (χ2v) is 5.85. The fourth-order valence-corrected chi connectivity index (χ4v) is 2.34. The zero-order chi connectivity index (χ0) is 18.1. The molecule has 0 amide bonds. The smallest absolute Gasteiger partial charge is 0.191 e. The zero-order valence-electron chi connectivity index (χ0n) is 15.8. The number of hydrogen-bond donors (Lipinski definition) is 2. The van der Waals surface area contributed by atoms with Gasteiger partial charge in [-0.1, -0.05) is 30.3 Å². The number of aryl methyl sites for hydroxylation is 1. The SMILES string of the molecule is CN=C(NCc1ccc(OC)cc1)NCC(C)Oc1ccccc1C.I. The minimum Gasteiger partial charge on any atom is -0.497 e. The summed E-state index contributed by atoms with van der Waals surface area (Å²) in [5, 5.41) is 6.59. The fourth-order valence-electron chi connectivity index (χ4n) is 2.34. The van der Waals surface area contributed by atoms with Crippen molar-refractivity contribution in [2.24, 2.45) is 4.99 Å². The molecule has 2 aromatic rings. The Morgan fingerprint density at radius 2 is 1.77 bits per heavy atom. The lowest BCUT2D eigenvalue weighted by atomic mass is 10.2. The van der Waals surface area contributed by atoms with Crippen LogP contribution in [-0.2, 0) is 6.54 Å². The number of aliphatic imine (C=N–C) groups is 1. The summed E-state index contributed by atoms with van der Waals surface area (Å²) in [6.45, 7) is 5.44.